The van der Waals surface area contributed by atoms with E-state index in [0.717, 1.165) is 31.7 Å². The van der Waals surface area contributed by atoms with E-state index in [4.69, 9.17) is 9.88 Å². The minimum atomic E-state index is -3.80. The Hall–Kier alpha value is -2.52. The molecule has 3 aliphatic rings. The number of aliphatic imine (C=N–C) groups is 1. The summed E-state index contributed by atoms with van der Waals surface area (Å²) in [6.07, 6.45) is 5.23. The molecule has 0 amide bonds. The third-order valence-electron chi connectivity index (χ3n) is 7.43. The van der Waals surface area contributed by atoms with Gasteiger partial charge in [-0.05, 0) is 47.1 Å². The quantitative estimate of drug-likeness (QED) is 0.570. The number of likely N-dealkylation sites (N-methyl/N-ethyl adjacent to an activating group) is 1. The van der Waals surface area contributed by atoms with Gasteiger partial charge in [-0.1, -0.05) is 50.2 Å². The van der Waals surface area contributed by atoms with Gasteiger partial charge in [-0.2, -0.15) is 4.99 Å². The number of hydrogen-bond acceptors (Lipinski definition) is 5. The van der Waals surface area contributed by atoms with Gasteiger partial charge in [-0.25, -0.2) is 13.6 Å². The molecule has 7 nitrogen and oxygen atoms in total. The molecule has 0 spiro atoms. The molecule has 2 aromatic rings. The molecule has 1 saturated heterocycles. The van der Waals surface area contributed by atoms with Crippen molar-refractivity contribution in [1.82, 2.24) is 4.90 Å². The molecule has 2 aromatic carbocycles. The minimum absolute atomic E-state index is 0.0958. The highest BCUT2D eigenvalue weighted by molar-refractivity contribution is 7.93. The molecule has 0 saturated carbocycles. The molecule has 2 heterocycles. The molecule has 1 aliphatic carbocycles. The summed E-state index contributed by atoms with van der Waals surface area (Å²) in [4.78, 5) is 6.62. The molecular weight excluding hydrogens is 460 g/mol. The fourth-order valence-electron chi connectivity index (χ4n) is 5.69. The zero-order chi connectivity index (χ0) is 24.8. The highest BCUT2D eigenvalue weighted by atomic mass is 32.2. The molecule has 0 bridgehead atoms. The number of likely N-dealkylation sites (tertiary alicyclic amines) is 1. The molecular formula is C27H35N4O3S+. The Morgan fingerprint density at radius 1 is 1.17 bits per heavy atom. The molecule has 0 radical (unpaired) electrons. The van der Waals surface area contributed by atoms with E-state index in [1.54, 1.807) is 12.5 Å². The monoisotopic (exact) mass is 495 g/mol. The number of hydrogen-bond donors (Lipinski definition) is 1. The molecule has 3 unspecified atom stereocenters. The van der Waals surface area contributed by atoms with Crippen LogP contribution in [-0.4, -0.2) is 63.5 Å². The van der Waals surface area contributed by atoms with Crippen LogP contribution in [0, 0.1) is 5.41 Å². The first-order chi connectivity index (χ1) is 16.5. The molecule has 0 aromatic heterocycles. The second-order valence-corrected chi connectivity index (χ2v) is 12.7. The van der Waals surface area contributed by atoms with Crippen molar-refractivity contribution in [1.29, 1.82) is 0 Å². The maximum Gasteiger partial charge on any atom is 0.261 e. The van der Waals surface area contributed by atoms with E-state index in [0.29, 0.717) is 30.5 Å². The minimum Gasteiger partial charge on any atom is -0.488 e. The van der Waals surface area contributed by atoms with Crippen molar-refractivity contribution >= 4 is 16.4 Å². The lowest BCUT2D eigenvalue weighted by molar-refractivity contribution is -0.756. The average Bonchev–Trinajstić information content (AvgIpc) is 3.34. The highest BCUT2D eigenvalue weighted by Crippen LogP contribution is 2.44. The van der Waals surface area contributed by atoms with Crippen LogP contribution < -0.4 is 9.88 Å². The van der Waals surface area contributed by atoms with E-state index in [-0.39, 0.29) is 9.51 Å². The van der Waals surface area contributed by atoms with Crippen molar-refractivity contribution in [2.24, 2.45) is 15.5 Å². The van der Waals surface area contributed by atoms with Crippen LogP contribution in [0.5, 0.6) is 5.75 Å². The number of benzene rings is 2. The Labute approximate surface area is 208 Å². The lowest BCUT2D eigenvalue weighted by Crippen LogP contribution is -2.58. The zero-order valence-corrected chi connectivity index (χ0v) is 21.5. The van der Waals surface area contributed by atoms with E-state index in [9.17, 15) is 8.42 Å². The van der Waals surface area contributed by atoms with Crippen molar-refractivity contribution in [3.63, 3.8) is 0 Å². The first-order valence-corrected chi connectivity index (χ1v) is 13.8. The van der Waals surface area contributed by atoms with E-state index in [1.807, 2.05) is 7.05 Å². The summed E-state index contributed by atoms with van der Waals surface area (Å²) in [5.41, 5.74) is 4.57. The van der Waals surface area contributed by atoms with Gasteiger partial charge in [0.25, 0.3) is 10.0 Å². The summed E-state index contributed by atoms with van der Waals surface area (Å²) in [6.45, 7) is 7.97. The van der Waals surface area contributed by atoms with Crippen LogP contribution in [0.4, 0.5) is 0 Å². The van der Waals surface area contributed by atoms with Gasteiger partial charge in [-0.15, -0.1) is 0 Å². The van der Waals surface area contributed by atoms with E-state index in [1.165, 1.54) is 16.7 Å². The summed E-state index contributed by atoms with van der Waals surface area (Å²) in [7, 11) is -1.93. The smallest absolute Gasteiger partial charge is 0.261 e. The third kappa shape index (κ3) is 5.21. The largest absolute Gasteiger partial charge is 0.488 e. The summed E-state index contributed by atoms with van der Waals surface area (Å²) < 4.78 is 29.5. The van der Waals surface area contributed by atoms with Gasteiger partial charge in [-0.3, -0.25) is 9.38 Å². The second-order valence-electron chi connectivity index (χ2n) is 11.2. The average molecular weight is 496 g/mol. The first-order valence-electron chi connectivity index (χ1n) is 12.2. The van der Waals surface area contributed by atoms with Gasteiger partial charge in [0.15, 0.2) is 6.34 Å². The highest BCUT2D eigenvalue weighted by Gasteiger charge is 2.44. The van der Waals surface area contributed by atoms with Gasteiger partial charge < -0.3 is 4.74 Å². The van der Waals surface area contributed by atoms with E-state index < -0.39 is 10.0 Å². The van der Waals surface area contributed by atoms with Crippen molar-refractivity contribution in [2.75, 3.05) is 33.3 Å². The summed E-state index contributed by atoms with van der Waals surface area (Å²) in [6, 6.07) is 17.8. The normalized spacial score (nSPS) is 27.4. The topological polar surface area (TPSA) is 85.0 Å². The Bertz CT molecular complexity index is 1260. The van der Waals surface area contributed by atoms with Crippen molar-refractivity contribution in [3.8, 4) is 5.75 Å². The molecule has 3 atom stereocenters. The first kappa shape index (κ1) is 24.2. The van der Waals surface area contributed by atoms with Crippen LogP contribution in [0.2, 0.25) is 0 Å². The van der Waals surface area contributed by atoms with E-state index >= 15 is 0 Å². The zero-order valence-electron chi connectivity index (χ0n) is 20.7. The van der Waals surface area contributed by atoms with Crippen molar-refractivity contribution in [3.05, 3.63) is 76.5 Å². The van der Waals surface area contributed by atoms with Crippen LogP contribution in [0.1, 0.15) is 36.5 Å². The maximum absolute atomic E-state index is 11.6. The second kappa shape index (κ2) is 8.85. The van der Waals surface area contributed by atoms with Crippen LogP contribution in [0.25, 0.3) is 0 Å². The number of sulfonamides is 1. The fraction of sp³-hybridized carbons (Fsp3) is 0.444. The molecule has 8 heteroatoms. The van der Waals surface area contributed by atoms with Crippen molar-refractivity contribution in [2.45, 2.75) is 38.6 Å². The molecule has 186 valence electrons. The predicted octanol–water partition coefficient (Wildman–Crippen LogP) is 3.23. The van der Waals surface area contributed by atoms with Crippen LogP contribution in [0.3, 0.4) is 0 Å². The molecule has 2 N–H and O–H groups in total. The Morgan fingerprint density at radius 2 is 1.91 bits per heavy atom. The van der Waals surface area contributed by atoms with Gasteiger partial charge in [0.1, 0.15) is 25.1 Å². The van der Waals surface area contributed by atoms with Crippen LogP contribution in [0.15, 0.2) is 64.8 Å². The summed E-state index contributed by atoms with van der Waals surface area (Å²) in [5.74, 6) is 1.28. The number of primary sulfonamides is 1. The molecule has 1 fully saturated rings. The Balaban J connectivity index is 1.30. The number of nitrogens with zero attached hydrogens (tertiary/aromatic N) is 3. The van der Waals surface area contributed by atoms with Gasteiger partial charge >= 0.3 is 0 Å². The Morgan fingerprint density at radius 3 is 2.57 bits per heavy atom. The molecule has 2 aliphatic heterocycles. The number of fused-ring (bicyclic) bond motifs is 1. The fourth-order valence-corrected chi connectivity index (χ4v) is 6.27. The lowest BCUT2D eigenvalue weighted by Gasteiger charge is -2.50. The summed E-state index contributed by atoms with van der Waals surface area (Å²) >= 11 is 0. The summed E-state index contributed by atoms with van der Waals surface area (Å²) in [5, 5.41) is 5.11. The van der Waals surface area contributed by atoms with Crippen LogP contribution in [-0.2, 0) is 22.9 Å². The SMILES string of the molecule is CC1(C)CN(C2Cc3ccc(OCC[N+]4(C)C=NC(S(N)(=O)=O)=C4)cc3C2Cc2ccccc2)C1. The van der Waals surface area contributed by atoms with Crippen molar-refractivity contribution < 1.29 is 17.6 Å². The third-order valence-corrected chi connectivity index (χ3v) is 8.22. The number of quaternary nitrogens is 1. The number of nitrogens with two attached hydrogens (primary N) is 1. The van der Waals surface area contributed by atoms with E-state index in [2.05, 4.69) is 72.3 Å². The number of ether oxygens (including phenoxy) is 1. The lowest BCUT2D eigenvalue weighted by atomic mass is 9.80. The predicted molar refractivity (Wildman–Crippen MR) is 138 cm³/mol. The molecule has 5 rings (SSSR count). The standard InChI is InChI=1S/C27H35N4O3S/c1-27(2)17-30(18-27)25-14-21-9-10-22(15-23(21)24(25)13-20-7-5-4-6-8-20)34-12-11-31(3)16-26(29-19-31)35(28,32)33/h4-10,15-16,19,24-25H,11-14,17-18H2,1-3H3,(H2,28,32,33)/q+1. The maximum atomic E-state index is 11.6. The van der Waals surface area contributed by atoms with Gasteiger partial charge in [0, 0.05) is 25.0 Å². The number of rotatable bonds is 8. The Kier molecular flexibility index (Phi) is 6.12. The van der Waals surface area contributed by atoms with Gasteiger partial charge in [0.2, 0.25) is 5.03 Å². The molecule has 35 heavy (non-hydrogen) atoms. The van der Waals surface area contributed by atoms with Crippen LogP contribution >= 0.6 is 0 Å². The van der Waals surface area contributed by atoms with Gasteiger partial charge in [0.05, 0.1) is 7.05 Å².